The highest BCUT2D eigenvalue weighted by molar-refractivity contribution is 9.10. The summed E-state index contributed by atoms with van der Waals surface area (Å²) in [6, 6.07) is -0.121. The molecular weight excluding hydrogens is 628 g/mol. The molecule has 0 aliphatic carbocycles. The lowest BCUT2D eigenvalue weighted by molar-refractivity contribution is 0.155. The quantitative estimate of drug-likeness (QED) is 0.0920. The topological polar surface area (TPSA) is 47.5 Å². The summed E-state index contributed by atoms with van der Waals surface area (Å²) >= 11 is 10.6. The van der Waals surface area contributed by atoms with Gasteiger partial charge in [-0.05, 0) is 64.9 Å². The number of fused-ring (bicyclic) bond motifs is 1. The fourth-order valence-corrected chi connectivity index (χ4v) is 6.84. The third-order valence-electron chi connectivity index (χ3n) is 8.52. The first-order chi connectivity index (χ1) is 17.2. The minimum Gasteiger partial charge on any atom is -0.415 e. The van der Waals surface area contributed by atoms with Gasteiger partial charge in [-0.3, -0.25) is 0 Å². The number of rotatable bonds is 8. The number of hydrogen-bond acceptors (Lipinski definition) is 6. The maximum atomic E-state index is 15.7. The molecule has 214 valence electrons. The smallest absolute Gasteiger partial charge is 0.192 e. The molecule has 0 amide bonds. The molecule has 1 aromatic carbocycles. The van der Waals surface area contributed by atoms with Gasteiger partial charge >= 0.3 is 0 Å². The van der Waals surface area contributed by atoms with Crippen LogP contribution in [0.25, 0.3) is 10.9 Å². The lowest BCUT2D eigenvalue weighted by Gasteiger charge is -2.52. The van der Waals surface area contributed by atoms with Crippen molar-refractivity contribution in [3.63, 3.8) is 0 Å². The minimum absolute atomic E-state index is 0.0112. The highest BCUT2D eigenvalue weighted by atomic mass is 79.9. The van der Waals surface area contributed by atoms with Gasteiger partial charge in [-0.2, -0.15) is 0 Å². The number of nitrogens with zero attached hydrogens (tertiary/aromatic N) is 3. The van der Waals surface area contributed by atoms with E-state index in [4.69, 9.17) is 25.4 Å². The van der Waals surface area contributed by atoms with E-state index in [1.165, 1.54) is 11.8 Å². The number of thioether (sulfide) groups is 1. The van der Waals surface area contributed by atoms with Crippen LogP contribution in [-0.4, -0.2) is 58.2 Å². The molecule has 1 aromatic heterocycles. The number of halogens is 4. The summed E-state index contributed by atoms with van der Waals surface area (Å²) in [6.07, 6.45) is 2.62. The van der Waals surface area contributed by atoms with E-state index < -0.39 is 28.3 Å². The van der Waals surface area contributed by atoms with Crippen molar-refractivity contribution in [3.05, 3.63) is 21.1 Å². The van der Waals surface area contributed by atoms with Crippen LogP contribution >= 0.6 is 39.3 Å². The van der Waals surface area contributed by atoms with Gasteiger partial charge in [0.05, 0.1) is 40.2 Å². The normalized spacial score (nSPS) is 19.3. The summed E-state index contributed by atoms with van der Waals surface area (Å²) in [6.45, 7) is 23.0. The van der Waals surface area contributed by atoms with E-state index in [1.54, 1.807) is 0 Å². The zero-order valence-electron chi connectivity index (χ0n) is 24.4. The number of aromatic nitrogens is 2. The Morgan fingerprint density at radius 2 is 1.42 bits per heavy atom. The van der Waals surface area contributed by atoms with E-state index in [9.17, 15) is 0 Å². The van der Waals surface area contributed by atoms with Gasteiger partial charge in [-0.15, -0.1) is 0 Å². The number of anilines is 1. The fourth-order valence-electron chi connectivity index (χ4n) is 3.86. The zero-order valence-corrected chi connectivity index (χ0v) is 29.5. The van der Waals surface area contributed by atoms with Crippen molar-refractivity contribution in [1.82, 2.24) is 9.97 Å². The van der Waals surface area contributed by atoms with Gasteiger partial charge < -0.3 is 13.8 Å². The molecule has 0 saturated carbocycles. The molecule has 0 radical (unpaired) electrons. The third kappa shape index (κ3) is 6.13. The second-order valence-electron chi connectivity index (χ2n) is 13.1. The maximum absolute atomic E-state index is 15.7. The van der Waals surface area contributed by atoms with Gasteiger partial charge in [0.1, 0.15) is 11.3 Å². The van der Waals surface area contributed by atoms with Crippen molar-refractivity contribution in [3.8, 4) is 0 Å². The van der Waals surface area contributed by atoms with Crippen molar-refractivity contribution in [2.45, 2.75) is 101 Å². The molecule has 5 nitrogen and oxygen atoms in total. The van der Waals surface area contributed by atoms with E-state index in [-0.39, 0.29) is 42.6 Å². The van der Waals surface area contributed by atoms with Crippen LogP contribution in [0.1, 0.15) is 48.0 Å². The van der Waals surface area contributed by atoms with Crippen LogP contribution in [0.15, 0.2) is 9.63 Å². The van der Waals surface area contributed by atoms with Crippen LogP contribution in [0.5, 0.6) is 0 Å². The highest BCUT2D eigenvalue weighted by Gasteiger charge is 2.46. The molecule has 0 spiro atoms. The summed E-state index contributed by atoms with van der Waals surface area (Å²) < 4.78 is 44.0. The van der Waals surface area contributed by atoms with E-state index in [0.717, 1.165) is 6.42 Å². The monoisotopic (exact) mass is 667 g/mol. The average molecular weight is 669 g/mol. The van der Waals surface area contributed by atoms with Gasteiger partial charge in [0, 0.05) is 0 Å². The number of hydrogen-bond donors (Lipinski definition) is 0. The summed E-state index contributed by atoms with van der Waals surface area (Å²) in [5, 5.41) is 0.132. The molecule has 1 fully saturated rings. The lowest BCUT2D eigenvalue weighted by atomic mass is 9.93. The second kappa shape index (κ2) is 11.2. The molecule has 1 aliphatic heterocycles. The first kappa shape index (κ1) is 32.2. The third-order valence-corrected chi connectivity index (χ3v) is 19.4. The molecule has 2 unspecified atom stereocenters. The molecule has 38 heavy (non-hydrogen) atoms. The van der Waals surface area contributed by atoms with Crippen molar-refractivity contribution >= 4 is 72.6 Å². The Morgan fingerprint density at radius 1 is 0.947 bits per heavy atom. The molecular formula is C26H41BrClF2N3O2SSi2. The summed E-state index contributed by atoms with van der Waals surface area (Å²) in [4.78, 5) is 11.1. The Morgan fingerprint density at radius 3 is 1.84 bits per heavy atom. The summed E-state index contributed by atoms with van der Waals surface area (Å²) in [5.41, 5.74) is -0.0897. The maximum Gasteiger partial charge on any atom is 0.192 e. The first-order valence-electron chi connectivity index (χ1n) is 12.9. The van der Waals surface area contributed by atoms with E-state index >= 15 is 8.78 Å². The number of benzene rings is 1. The van der Waals surface area contributed by atoms with Crippen LogP contribution in [0.4, 0.5) is 14.6 Å². The molecule has 2 atom stereocenters. The van der Waals surface area contributed by atoms with Crippen LogP contribution in [0, 0.1) is 11.6 Å². The predicted octanol–water partition coefficient (Wildman–Crippen LogP) is 9.04. The summed E-state index contributed by atoms with van der Waals surface area (Å²) in [7, 11) is -4.07. The predicted molar refractivity (Wildman–Crippen MR) is 165 cm³/mol. The lowest BCUT2D eigenvalue weighted by Crippen LogP contribution is -2.62. The molecule has 1 aliphatic rings. The largest absolute Gasteiger partial charge is 0.415 e. The van der Waals surface area contributed by atoms with Crippen molar-refractivity contribution in [2.24, 2.45) is 0 Å². The highest BCUT2D eigenvalue weighted by Crippen LogP contribution is 2.44. The Bertz CT molecular complexity index is 1170. The minimum atomic E-state index is -2.03. The van der Waals surface area contributed by atoms with E-state index in [1.807, 2.05) is 6.26 Å². The van der Waals surface area contributed by atoms with Crippen molar-refractivity contribution in [2.75, 3.05) is 24.4 Å². The van der Waals surface area contributed by atoms with Gasteiger partial charge in [0.2, 0.25) is 0 Å². The fraction of sp³-hybridized carbons (Fsp3) is 0.692. The Balaban J connectivity index is 2.10. The molecule has 1 saturated heterocycles. The molecule has 0 bridgehead atoms. The van der Waals surface area contributed by atoms with Gasteiger partial charge in [0.25, 0.3) is 0 Å². The molecule has 2 aromatic rings. The molecule has 3 rings (SSSR count). The SMILES string of the molecule is CSc1nc(N2C(CO[Si](C)(C)C(C)(C)C)CC2CO[Si](C)(C)C(C)(C)C)c2c(F)c(Cl)c(Br)c(F)c2n1. The van der Waals surface area contributed by atoms with Crippen LogP contribution in [0.2, 0.25) is 41.3 Å². The molecule has 2 heterocycles. The molecule has 12 heteroatoms. The Kier molecular flexibility index (Phi) is 9.47. The van der Waals surface area contributed by atoms with Gasteiger partial charge in [-0.1, -0.05) is 64.9 Å². The van der Waals surface area contributed by atoms with Crippen molar-refractivity contribution < 1.29 is 17.6 Å². The average Bonchev–Trinajstić information content (AvgIpc) is 2.78. The molecule has 0 N–H and O–H groups in total. The van der Waals surface area contributed by atoms with Crippen molar-refractivity contribution in [1.29, 1.82) is 0 Å². The Labute approximate surface area is 246 Å². The van der Waals surface area contributed by atoms with Gasteiger partial charge in [-0.25, -0.2) is 18.7 Å². The van der Waals surface area contributed by atoms with E-state index in [2.05, 4.69) is 93.5 Å². The van der Waals surface area contributed by atoms with Gasteiger partial charge in [0.15, 0.2) is 33.4 Å². The Hall–Kier alpha value is -0.306. The first-order valence-corrected chi connectivity index (χ1v) is 21.1. The zero-order chi connectivity index (χ0) is 29.0. The van der Waals surface area contributed by atoms with Crippen LogP contribution < -0.4 is 4.90 Å². The second-order valence-corrected chi connectivity index (χ2v) is 24.7. The summed E-state index contributed by atoms with van der Waals surface area (Å²) in [5.74, 6) is -1.10. The van der Waals surface area contributed by atoms with E-state index in [0.29, 0.717) is 24.2 Å². The van der Waals surface area contributed by atoms with Crippen LogP contribution in [0.3, 0.4) is 0 Å². The van der Waals surface area contributed by atoms with Crippen LogP contribution in [-0.2, 0) is 8.85 Å². The standard InChI is InChI=1S/C26H41BrClF2N3O2SSi2/c1-25(2,3)37(8,9)34-13-15-12-16(14-35-38(10,11)26(4,5)6)33(15)23-17-20(29)19(28)18(27)21(30)22(17)31-24(32-23)36-7/h15-16H,12-14H2,1-11H3.